The highest BCUT2D eigenvalue weighted by Gasteiger charge is 2.16. The number of hydrogen-bond acceptors (Lipinski definition) is 4. The number of rotatable bonds is 4. The van der Waals surface area contributed by atoms with Gasteiger partial charge in [0.25, 0.3) is 17.2 Å². The molecule has 20 heavy (non-hydrogen) atoms. The number of H-pyrrole nitrogens is 1. The van der Waals surface area contributed by atoms with Gasteiger partial charge < -0.3 is 9.32 Å². The molecule has 0 saturated heterocycles. The van der Waals surface area contributed by atoms with Crippen molar-refractivity contribution in [2.24, 2.45) is 0 Å². The third-order valence-electron chi connectivity index (χ3n) is 2.58. The summed E-state index contributed by atoms with van der Waals surface area (Å²) in [6.07, 6.45) is -2.56. The molecule has 1 heterocycles. The van der Waals surface area contributed by atoms with Crippen molar-refractivity contribution in [1.29, 1.82) is 0 Å². The van der Waals surface area contributed by atoms with Gasteiger partial charge in [0, 0.05) is 18.2 Å². The largest absolute Gasteiger partial charge is 0.409 e. The topological polar surface area (TPSA) is 62.1 Å². The van der Waals surface area contributed by atoms with E-state index in [1.54, 1.807) is 12.1 Å². The van der Waals surface area contributed by atoms with E-state index in [-0.39, 0.29) is 4.84 Å². The first kappa shape index (κ1) is 14.3. The van der Waals surface area contributed by atoms with Crippen molar-refractivity contribution in [3.8, 4) is 11.5 Å². The molecule has 1 aromatic carbocycles. The quantitative estimate of drug-likeness (QED) is 0.882. The predicted molar refractivity (Wildman–Crippen MR) is 70.1 cm³/mol. The normalized spacial score (nSPS) is 10.8. The van der Waals surface area contributed by atoms with Gasteiger partial charge in [-0.15, -0.1) is 5.10 Å². The Kier molecular flexibility index (Phi) is 4.23. The number of carbonyl (C=O) groups is 1. The molecule has 5 nitrogen and oxygen atoms in total. The van der Waals surface area contributed by atoms with Gasteiger partial charge in [0.1, 0.15) is 0 Å². The number of amides is 1. The van der Waals surface area contributed by atoms with Crippen LogP contribution in [-0.2, 0) is 0 Å². The minimum absolute atomic E-state index is 0.150. The smallest absolute Gasteiger partial charge is 0.284 e. The second-order valence-corrected chi connectivity index (χ2v) is 4.44. The molecule has 1 amide bonds. The number of carbonyl (C=O) groups excluding carboxylic acids is 1. The molecule has 2 rings (SSSR count). The average Bonchev–Trinajstić information content (AvgIpc) is 2.84. The highest BCUT2D eigenvalue weighted by Crippen LogP contribution is 2.18. The SMILES string of the molecule is CN(CC(F)F)C(=O)c1ccc(-c2n[nH]c(=S)o2)cc1. The summed E-state index contributed by atoms with van der Waals surface area (Å²) in [6, 6.07) is 6.26. The van der Waals surface area contributed by atoms with Crippen LogP contribution in [0.1, 0.15) is 10.4 Å². The Bertz CT molecular complexity index is 651. The molecular formula is C12H11F2N3O2S. The number of aromatic amines is 1. The van der Waals surface area contributed by atoms with E-state index in [9.17, 15) is 13.6 Å². The van der Waals surface area contributed by atoms with Crippen molar-refractivity contribution < 1.29 is 18.0 Å². The van der Waals surface area contributed by atoms with Gasteiger partial charge in [-0.1, -0.05) is 0 Å². The van der Waals surface area contributed by atoms with E-state index in [0.717, 1.165) is 4.90 Å². The van der Waals surface area contributed by atoms with Crippen molar-refractivity contribution in [2.45, 2.75) is 6.43 Å². The van der Waals surface area contributed by atoms with Crippen LogP contribution in [0.5, 0.6) is 0 Å². The molecule has 0 aliphatic heterocycles. The van der Waals surface area contributed by atoms with E-state index >= 15 is 0 Å². The Labute approximate surface area is 118 Å². The van der Waals surface area contributed by atoms with Gasteiger partial charge in [0.2, 0.25) is 5.89 Å². The lowest BCUT2D eigenvalue weighted by Gasteiger charge is -2.16. The van der Waals surface area contributed by atoms with Gasteiger partial charge in [-0.2, -0.15) is 0 Å². The zero-order chi connectivity index (χ0) is 14.7. The molecule has 0 aliphatic carbocycles. The second-order valence-electron chi connectivity index (χ2n) is 4.07. The van der Waals surface area contributed by atoms with E-state index in [0.29, 0.717) is 17.0 Å². The Morgan fingerprint density at radius 1 is 1.45 bits per heavy atom. The molecule has 1 aromatic heterocycles. The van der Waals surface area contributed by atoms with Crippen LogP contribution in [0.15, 0.2) is 28.7 Å². The first-order valence-electron chi connectivity index (χ1n) is 5.67. The fourth-order valence-corrected chi connectivity index (χ4v) is 1.74. The van der Waals surface area contributed by atoms with Gasteiger partial charge in [-0.25, -0.2) is 13.9 Å². The molecule has 0 radical (unpaired) electrons. The molecule has 2 aromatic rings. The highest BCUT2D eigenvalue weighted by atomic mass is 32.1. The average molecular weight is 299 g/mol. The first-order valence-corrected chi connectivity index (χ1v) is 6.08. The van der Waals surface area contributed by atoms with Gasteiger partial charge in [-0.05, 0) is 36.5 Å². The summed E-state index contributed by atoms with van der Waals surface area (Å²) in [5.74, 6) is -0.172. The molecular weight excluding hydrogens is 288 g/mol. The lowest BCUT2D eigenvalue weighted by atomic mass is 10.1. The van der Waals surface area contributed by atoms with E-state index in [4.69, 9.17) is 16.6 Å². The number of nitrogens with one attached hydrogen (secondary N) is 1. The van der Waals surface area contributed by atoms with Crippen LogP contribution >= 0.6 is 12.2 Å². The second kappa shape index (κ2) is 5.91. The molecule has 0 saturated carbocycles. The Morgan fingerprint density at radius 3 is 2.60 bits per heavy atom. The van der Waals surface area contributed by atoms with Crippen LogP contribution in [0.2, 0.25) is 0 Å². The van der Waals surface area contributed by atoms with Crippen molar-refractivity contribution in [1.82, 2.24) is 15.1 Å². The Hall–Kier alpha value is -2.09. The van der Waals surface area contributed by atoms with Crippen LogP contribution in [0.3, 0.4) is 0 Å². The molecule has 0 aliphatic rings. The third-order valence-corrected chi connectivity index (χ3v) is 2.75. The summed E-state index contributed by atoms with van der Waals surface area (Å²) in [4.78, 5) is 13.0. The lowest BCUT2D eigenvalue weighted by molar-refractivity contribution is 0.0620. The molecule has 0 unspecified atom stereocenters. The number of aromatic nitrogens is 2. The van der Waals surface area contributed by atoms with Crippen LogP contribution in [-0.4, -0.2) is 41.0 Å². The number of hydrogen-bond donors (Lipinski definition) is 1. The monoisotopic (exact) mass is 299 g/mol. The summed E-state index contributed by atoms with van der Waals surface area (Å²) in [6.45, 7) is -0.603. The van der Waals surface area contributed by atoms with Crippen molar-refractivity contribution in [3.05, 3.63) is 34.7 Å². The predicted octanol–water partition coefficient (Wildman–Crippen LogP) is 2.74. The molecule has 0 bridgehead atoms. The molecule has 0 spiro atoms. The third kappa shape index (κ3) is 3.27. The Balaban J connectivity index is 2.16. The van der Waals surface area contributed by atoms with Gasteiger partial charge in [0.15, 0.2) is 0 Å². The standard InChI is InChI=1S/C12H11F2N3O2S/c1-17(6-9(13)14)11(18)8-4-2-7(3-5-8)10-15-16-12(20)19-10/h2-5,9H,6H2,1H3,(H,16,20). The summed E-state index contributed by atoms with van der Waals surface area (Å²) < 4.78 is 29.6. The molecule has 0 fully saturated rings. The summed E-state index contributed by atoms with van der Waals surface area (Å²) in [7, 11) is 1.33. The zero-order valence-electron chi connectivity index (χ0n) is 10.5. The first-order chi connectivity index (χ1) is 9.47. The zero-order valence-corrected chi connectivity index (χ0v) is 11.3. The molecule has 8 heteroatoms. The van der Waals surface area contributed by atoms with Gasteiger partial charge >= 0.3 is 0 Å². The minimum atomic E-state index is -2.56. The molecule has 106 valence electrons. The minimum Gasteiger partial charge on any atom is -0.409 e. The van der Waals surface area contributed by atoms with Gasteiger partial charge in [0.05, 0.1) is 6.54 Å². The van der Waals surface area contributed by atoms with Crippen LogP contribution in [0.4, 0.5) is 8.78 Å². The summed E-state index contributed by atoms with van der Waals surface area (Å²) >= 11 is 4.76. The van der Waals surface area contributed by atoms with E-state index in [1.165, 1.54) is 19.2 Å². The Morgan fingerprint density at radius 2 is 2.10 bits per heavy atom. The number of benzene rings is 1. The lowest BCUT2D eigenvalue weighted by Crippen LogP contribution is -2.31. The number of halogens is 2. The van der Waals surface area contributed by atoms with Crippen molar-refractivity contribution >= 4 is 18.1 Å². The van der Waals surface area contributed by atoms with Crippen LogP contribution in [0.25, 0.3) is 11.5 Å². The maximum absolute atomic E-state index is 12.2. The van der Waals surface area contributed by atoms with Crippen molar-refractivity contribution in [2.75, 3.05) is 13.6 Å². The number of nitrogens with zero attached hydrogens (tertiary/aromatic N) is 2. The number of alkyl halides is 2. The molecule has 0 atom stereocenters. The van der Waals surface area contributed by atoms with E-state index < -0.39 is 18.9 Å². The fraction of sp³-hybridized carbons (Fsp3) is 0.250. The fourth-order valence-electron chi connectivity index (χ4n) is 1.62. The maximum atomic E-state index is 12.2. The van der Waals surface area contributed by atoms with Crippen LogP contribution in [0, 0.1) is 4.84 Å². The van der Waals surface area contributed by atoms with Crippen LogP contribution < -0.4 is 0 Å². The van der Waals surface area contributed by atoms with E-state index in [2.05, 4.69) is 10.2 Å². The maximum Gasteiger partial charge on any atom is 0.284 e. The molecule has 1 N–H and O–H groups in total. The van der Waals surface area contributed by atoms with E-state index in [1.807, 2.05) is 0 Å². The van der Waals surface area contributed by atoms with Crippen molar-refractivity contribution in [3.63, 3.8) is 0 Å². The summed E-state index contributed by atoms with van der Waals surface area (Å²) in [5, 5.41) is 6.33. The van der Waals surface area contributed by atoms with Gasteiger partial charge in [-0.3, -0.25) is 4.79 Å². The highest BCUT2D eigenvalue weighted by molar-refractivity contribution is 7.71. The summed E-state index contributed by atoms with van der Waals surface area (Å²) in [5.41, 5.74) is 0.941.